The van der Waals surface area contributed by atoms with E-state index in [0.717, 1.165) is 0 Å². The maximum Gasteiger partial charge on any atom is 0.284 e. The Morgan fingerprint density at radius 1 is 1.46 bits per heavy atom. The Labute approximate surface area is 139 Å². The molecule has 1 aliphatic heterocycles. The summed E-state index contributed by atoms with van der Waals surface area (Å²) in [5.41, 5.74) is -1.58. The Hall–Kier alpha value is -1.77. The van der Waals surface area contributed by atoms with Gasteiger partial charge in [0, 0.05) is 37.9 Å². The molecule has 0 aromatic carbocycles. The average Bonchev–Trinajstić information content (AvgIpc) is 3.07. The largest absolute Gasteiger partial charge is 0.469 e. The fourth-order valence-corrected chi connectivity index (χ4v) is 4.02. The molecule has 0 N–H and O–H groups in total. The molecule has 3 rings (SSSR count). The third-order valence-corrected chi connectivity index (χ3v) is 5.00. The first kappa shape index (κ1) is 17.1. The van der Waals surface area contributed by atoms with Crippen LogP contribution in [-0.2, 0) is 19.0 Å². The first-order chi connectivity index (χ1) is 11.5. The molecule has 132 valence electrons. The number of ether oxygens (including phenoxy) is 3. The molecule has 0 spiro atoms. The summed E-state index contributed by atoms with van der Waals surface area (Å²) in [7, 11) is 1.39. The number of methoxy groups -OCH3 is 1. The van der Waals surface area contributed by atoms with Gasteiger partial charge in [-0.25, -0.2) is 0 Å². The van der Waals surface area contributed by atoms with Crippen molar-refractivity contribution >= 4 is 5.78 Å². The van der Waals surface area contributed by atoms with E-state index in [0.29, 0.717) is 12.4 Å². The number of nitrogens with zero attached hydrogens (tertiary/aromatic N) is 1. The van der Waals surface area contributed by atoms with Crippen molar-refractivity contribution in [2.24, 2.45) is 0 Å². The molecule has 5 atom stereocenters. The van der Waals surface area contributed by atoms with Crippen LogP contribution in [0.15, 0.2) is 22.8 Å². The number of carbonyl (C=O) groups is 1. The molecular formula is C16H21NO7. The minimum Gasteiger partial charge on any atom is -0.469 e. The molecule has 1 aromatic rings. The molecule has 1 aliphatic carbocycles. The number of fused-ring (bicyclic) bond motifs is 1. The summed E-state index contributed by atoms with van der Waals surface area (Å²) in [5.74, 6) is -0.225. The minimum absolute atomic E-state index is 0.00610. The van der Waals surface area contributed by atoms with Crippen molar-refractivity contribution in [3.63, 3.8) is 0 Å². The zero-order chi connectivity index (χ0) is 17.3. The van der Waals surface area contributed by atoms with Crippen molar-refractivity contribution in [2.75, 3.05) is 13.7 Å². The monoisotopic (exact) mass is 339 g/mol. The van der Waals surface area contributed by atoms with Gasteiger partial charge in [-0.05, 0) is 19.1 Å². The van der Waals surface area contributed by atoms with Crippen LogP contribution >= 0.6 is 0 Å². The lowest BCUT2D eigenvalue weighted by atomic mass is 9.65. The second kappa shape index (κ2) is 6.62. The molecule has 1 saturated heterocycles. The molecule has 24 heavy (non-hydrogen) atoms. The summed E-state index contributed by atoms with van der Waals surface area (Å²) in [6.07, 6.45) is -0.691. The first-order valence-electron chi connectivity index (χ1n) is 8.03. The first-order valence-corrected chi connectivity index (χ1v) is 8.03. The van der Waals surface area contributed by atoms with Crippen LogP contribution in [-0.4, -0.2) is 48.5 Å². The molecule has 1 saturated carbocycles. The summed E-state index contributed by atoms with van der Waals surface area (Å²) in [5, 5.41) is 12.2. The van der Waals surface area contributed by atoms with Crippen molar-refractivity contribution in [2.45, 2.75) is 56.1 Å². The molecule has 2 heterocycles. The fraction of sp³-hybridized carbons (Fsp3) is 0.688. The summed E-state index contributed by atoms with van der Waals surface area (Å²) >= 11 is 0. The van der Waals surface area contributed by atoms with Crippen molar-refractivity contribution in [1.29, 1.82) is 0 Å². The van der Waals surface area contributed by atoms with Crippen LogP contribution in [0.25, 0.3) is 0 Å². The zero-order valence-corrected chi connectivity index (χ0v) is 13.7. The van der Waals surface area contributed by atoms with Crippen molar-refractivity contribution in [3.8, 4) is 0 Å². The van der Waals surface area contributed by atoms with Gasteiger partial charge in [-0.15, -0.1) is 0 Å². The normalized spacial score (nSPS) is 36.3. The Morgan fingerprint density at radius 3 is 2.83 bits per heavy atom. The molecule has 0 amide bonds. The summed E-state index contributed by atoms with van der Waals surface area (Å²) in [6, 6.07) is 3.41. The van der Waals surface area contributed by atoms with Crippen molar-refractivity contribution < 1.29 is 28.3 Å². The van der Waals surface area contributed by atoms with Gasteiger partial charge in [-0.3, -0.25) is 14.9 Å². The molecule has 2 aliphatic rings. The molecule has 0 bridgehead atoms. The zero-order valence-electron chi connectivity index (χ0n) is 13.7. The van der Waals surface area contributed by atoms with E-state index >= 15 is 0 Å². The minimum atomic E-state index is -1.58. The Kier molecular flexibility index (Phi) is 4.71. The lowest BCUT2D eigenvalue weighted by Crippen LogP contribution is -2.69. The van der Waals surface area contributed by atoms with E-state index in [4.69, 9.17) is 18.6 Å². The summed E-state index contributed by atoms with van der Waals surface area (Å²) in [6.45, 7) is 2.24. The SMILES string of the molecule is CCO[C@@H]1C[C@H](c2ccco2)[C@]2([N+](=O)[O-])[C@@H](OC)CC(=O)C[C@@H]2O1. The number of Topliss-reactive ketones (excluding diaryl/α,β-unsaturated/α-hetero) is 1. The quantitative estimate of drug-likeness (QED) is 0.596. The molecule has 8 nitrogen and oxygen atoms in total. The molecule has 1 aromatic heterocycles. The van der Waals surface area contributed by atoms with E-state index < -0.39 is 30.0 Å². The summed E-state index contributed by atoms with van der Waals surface area (Å²) < 4.78 is 22.3. The number of carbonyl (C=O) groups excluding carboxylic acids is 1. The number of ketones is 1. The van der Waals surface area contributed by atoms with Gasteiger partial charge >= 0.3 is 0 Å². The Balaban J connectivity index is 2.10. The summed E-state index contributed by atoms with van der Waals surface area (Å²) in [4.78, 5) is 23.9. The third kappa shape index (κ3) is 2.54. The van der Waals surface area contributed by atoms with E-state index in [1.165, 1.54) is 13.4 Å². The smallest absolute Gasteiger partial charge is 0.284 e. The maximum absolute atomic E-state index is 12.2. The van der Waals surface area contributed by atoms with Gasteiger partial charge in [0.2, 0.25) is 0 Å². The van der Waals surface area contributed by atoms with Gasteiger partial charge in [0.25, 0.3) is 5.54 Å². The van der Waals surface area contributed by atoms with Gasteiger partial charge in [0.05, 0.1) is 12.2 Å². The van der Waals surface area contributed by atoms with Crippen LogP contribution in [0.1, 0.15) is 37.9 Å². The van der Waals surface area contributed by atoms with Gasteiger partial charge < -0.3 is 18.6 Å². The highest BCUT2D eigenvalue weighted by atomic mass is 16.7. The number of hydrogen-bond donors (Lipinski definition) is 0. The van der Waals surface area contributed by atoms with E-state index in [1.54, 1.807) is 12.1 Å². The molecule has 2 fully saturated rings. The van der Waals surface area contributed by atoms with Crippen LogP contribution in [0.3, 0.4) is 0 Å². The molecule has 0 radical (unpaired) electrons. The lowest BCUT2D eigenvalue weighted by molar-refractivity contribution is -0.613. The van der Waals surface area contributed by atoms with Crippen LogP contribution in [0.5, 0.6) is 0 Å². The van der Waals surface area contributed by atoms with Crippen molar-refractivity contribution in [3.05, 3.63) is 34.3 Å². The van der Waals surface area contributed by atoms with Gasteiger partial charge in [-0.1, -0.05) is 0 Å². The van der Waals surface area contributed by atoms with Crippen LogP contribution in [0.2, 0.25) is 0 Å². The molecule has 8 heteroatoms. The van der Waals surface area contributed by atoms with Crippen LogP contribution in [0, 0.1) is 10.1 Å². The van der Waals surface area contributed by atoms with Gasteiger partial charge in [0.15, 0.2) is 6.29 Å². The van der Waals surface area contributed by atoms with Gasteiger partial charge in [0.1, 0.15) is 23.8 Å². The van der Waals surface area contributed by atoms with Crippen molar-refractivity contribution in [1.82, 2.24) is 0 Å². The van der Waals surface area contributed by atoms with E-state index in [2.05, 4.69) is 0 Å². The second-order valence-electron chi connectivity index (χ2n) is 6.13. The van der Waals surface area contributed by atoms with Crippen LogP contribution in [0.4, 0.5) is 0 Å². The average molecular weight is 339 g/mol. The number of nitro groups is 1. The third-order valence-electron chi connectivity index (χ3n) is 5.00. The Morgan fingerprint density at radius 2 is 2.25 bits per heavy atom. The van der Waals surface area contributed by atoms with Gasteiger partial charge in [-0.2, -0.15) is 0 Å². The van der Waals surface area contributed by atoms with E-state index in [1.807, 2.05) is 6.92 Å². The predicted octanol–water partition coefficient (Wildman–Crippen LogP) is 1.91. The van der Waals surface area contributed by atoms with E-state index in [9.17, 15) is 14.9 Å². The molecule has 0 unspecified atom stereocenters. The fourth-order valence-electron chi connectivity index (χ4n) is 4.02. The topological polar surface area (TPSA) is 101 Å². The highest BCUT2D eigenvalue weighted by Crippen LogP contribution is 2.50. The van der Waals surface area contributed by atoms with Crippen LogP contribution < -0.4 is 0 Å². The number of furan rings is 1. The molecular weight excluding hydrogens is 318 g/mol. The lowest BCUT2D eigenvalue weighted by Gasteiger charge is -2.49. The number of rotatable bonds is 5. The predicted molar refractivity (Wildman–Crippen MR) is 81.1 cm³/mol. The maximum atomic E-state index is 12.2. The highest BCUT2D eigenvalue weighted by Gasteiger charge is 2.70. The Bertz CT molecular complexity index is 602. The number of hydrogen-bond acceptors (Lipinski definition) is 7. The van der Waals surface area contributed by atoms with E-state index in [-0.39, 0.29) is 30.0 Å². The second-order valence-corrected chi connectivity index (χ2v) is 6.13. The highest BCUT2D eigenvalue weighted by molar-refractivity contribution is 5.81. The standard InChI is InChI=1S/C16H21NO7/c1-3-22-15-9-11(12-5-4-6-23-12)16(17(19)20)13(21-2)7-10(18)8-14(16)24-15/h4-6,11,13-15H,3,7-9H2,1-2H3/t11-,13+,14+,15+,16+/m1/s1.